The van der Waals surface area contributed by atoms with Crippen molar-refractivity contribution in [1.82, 2.24) is 0 Å². The van der Waals surface area contributed by atoms with Crippen molar-refractivity contribution in [2.75, 3.05) is 0 Å². The molecule has 2 heterocycles. The molecule has 4 rings (SSSR count). The molecule has 5 heteroatoms. The van der Waals surface area contributed by atoms with E-state index in [-0.39, 0.29) is 11.0 Å². The van der Waals surface area contributed by atoms with E-state index in [0.717, 1.165) is 17.4 Å². The highest BCUT2D eigenvalue weighted by atomic mass is 28.4. The molecule has 2 saturated heterocycles. The summed E-state index contributed by atoms with van der Waals surface area (Å²) in [6.07, 6.45) is 12.9. The van der Waals surface area contributed by atoms with Gasteiger partial charge in [0.15, 0.2) is 6.71 Å². The fraction of sp³-hybridized carbons (Fsp3) is 0.559. The minimum atomic E-state index is -1.85. The van der Waals surface area contributed by atoms with E-state index in [1.165, 1.54) is 49.7 Å². The highest BCUT2D eigenvalue weighted by Crippen LogP contribution is 2.51. The molecular formula is C34H49BO3Si. The number of allylic oxidation sites excluding steroid dienone is 1. The maximum atomic E-state index is 12.4. The van der Waals surface area contributed by atoms with Gasteiger partial charge in [0, 0.05) is 0 Å². The minimum Gasteiger partial charge on any atom is -0.544 e. The van der Waals surface area contributed by atoms with Crippen LogP contribution in [0.2, 0.25) is 29.8 Å². The predicted molar refractivity (Wildman–Crippen MR) is 169 cm³/mol. The van der Waals surface area contributed by atoms with Gasteiger partial charge in [-0.15, -0.1) is 0 Å². The van der Waals surface area contributed by atoms with Crippen molar-refractivity contribution in [3.05, 3.63) is 65.7 Å². The van der Waals surface area contributed by atoms with Crippen LogP contribution >= 0.6 is 0 Å². The molecule has 1 atom stereocenters. The summed E-state index contributed by atoms with van der Waals surface area (Å²) < 4.78 is 12.2. The zero-order valence-corrected chi connectivity index (χ0v) is 26.6. The topological polar surface area (TPSA) is 35.5 Å². The van der Waals surface area contributed by atoms with E-state index in [2.05, 4.69) is 82.4 Å². The van der Waals surface area contributed by atoms with Crippen LogP contribution in [0.5, 0.6) is 11.5 Å². The molecule has 0 saturated carbocycles. The standard InChI is InChI=1S/C34H49BO3Si/c1-33(2,3)32(36)37-29-22-18-26(19-23-29)31(35-27-11-9-12-28(35)14-10-13-27)24-17-25-15-20-30(21-16-25)38-39(7,8)34(4,5)6/h15-24,27-28,31H,9-14H2,1-8H3/b24-17+/t27?,28?,31-/m0/s1. The van der Waals surface area contributed by atoms with Gasteiger partial charge in [-0.2, -0.15) is 0 Å². The largest absolute Gasteiger partial charge is 0.544 e. The maximum Gasteiger partial charge on any atom is 0.316 e. The monoisotopic (exact) mass is 544 g/mol. The SMILES string of the molecule is CC(C)(C)C(=O)Oc1ccc([C@H](/C=C/c2ccc(O[Si](C)(C)C(C)(C)C)cc2)B2C3CCCC2CCC3)cc1. The summed E-state index contributed by atoms with van der Waals surface area (Å²) in [6, 6.07) is 16.9. The van der Waals surface area contributed by atoms with Crippen molar-refractivity contribution < 1.29 is 14.0 Å². The number of ether oxygens (including phenoxy) is 1. The van der Waals surface area contributed by atoms with Crippen LogP contribution in [0.4, 0.5) is 0 Å². The lowest BCUT2D eigenvalue weighted by Crippen LogP contribution is -2.43. The van der Waals surface area contributed by atoms with E-state index in [0.29, 0.717) is 18.3 Å². The van der Waals surface area contributed by atoms with E-state index >= 15 is 0 Å². The molecule has 2 aliphatic heterocycles. The summed E-state index contributed by atoms with van der Waals surface area (Å²) in [5.41, 5.74) is 2.01. The van der Waals surface area contributed by atoms with Gasteiger partial charge in [0.25, 0.3) is 0 Å². The molecule has 0 amide bonds. The van der Waals surface area contributed by atoms with Crippen LogP contribution in [0.3, 0.4) is 0 Å². The first kappa shape index (κ1) is 29.7. The summed E-state index contributed by atoms with van der Waals surface area (Å²) in [7, 11) is -1.85. The number of carbonyl (C=O) groups excluding carboxylic acids is 1. The van der Waals surface area contributed by atoms with Gasteiger partial charge in [0.1, 0.15) is 11.5 Å². The van der Waals surface area contributed by atoms with Gasteiger partial charge in [-0.25, -0.2) is 0 Å². The molecule has 3 nitrogen and oxygen atoms in total. The van der Waals surface area contributed by atoms with Crippen molar-refractivity contribution in [3.8, 4) is 11.5 Å². The number of carbonyl (C=O) groups is 1. The first-order valence-corrected chi connectivity index (χ1v) is 17.9. The van der Waals surface area contributed by atoms with E-state index in [9.17, 15) is 4.79 Å². The number of hydrogen-bond acceptors (Lipinski definition) is 3. The summed E-state index contributed by atoms with van der Waals surface area (Å²) in [6.45, 7) is 17.8. The molecule has 0 aromatic heterocycles. The van der Waals surface area contributed by atoms with E-state index in [1.54, 1.807) is 0 Å². The third-order valence-corrected chi connectivity index (χ3v) is 13.8. The second-order valence-corrected chi connectivity index (χ2v) is 19.2. The van der Waals surface area contributed by atoms with Crippen LogP contribution in [0.1, 0.15) is 97.0 Å². The lowest BCUT2D eigenvalue weighted by Gasteiger charge is -2.44. The lowest BCUT2D eigenvalue weighted by atomic mass is 9.22. The van der Waals surface area contributed by atoms with Crippen LogP contribution < -0.4 is 9.16 Å². The van der Waals surface area contributed by atoms with Crippen LogP contribution in [-0.2, 0) is 4.79 Å². The smallest absolute Gasteiger partial charge is 0.316 e. The van der Waals surface area contributed by atoms with Crippen LogP contribution in [0.25, 0.3) is 6.08 Å². The van der Waals surface area contributed by atoms with E-state index in [1.807, 2.05) is 32.9 Å². The molecule has 39 heavy (non-hydrogen) atoms. The lowest BCUT2D eigenvalue weighted by molar-refractivity contribution is -0.143. The third-order valence-electron chi connectivity index (χ3n) is 9.45. The number of esters is 1. The Balaban J connectivity index is 1.57. The van der Waals surface area contributed by atoms with Crippen molar-refractivity contribution in [2.24, 2.45) is 5.41 Å². The molecule has 0 aliphatic carbocycles. The number of rotatable bonds is 7. The second-order valence-electron chi connectivity index (χ2n) is 14.5. The summed E-state index contributed by atoms with van der Waals surface area (Å²) in [4.78, 5) is 12.4. The van der Waals surface area contributed by atoms with Crippen molar-refractivity contribution in [1.29, 1.82) is 0 Å². The average Bonchev–Trinajstić information content (AvgIpc) is 2.84. The molecular weight excluding hydrogens is 495 g/mol. The van der Waals surface area contributed by atoms with Gasteiger partial charge in [-0.3, -0.25) is 4.79 Å². The van der Waals surface area contributed by atoms with Crippen LogP contribution in [0, 0.1) is 5.41 Å². The molecule has 0 N–H and O–H groups in total. The zero-order chi connectivity index (χ0) is 28.4. The Labute approximate surface area is 239 Å². The Kier molecular flexibility index (Phi) is 8.90. The quantitative estimate of drug-likeness (QED) is 0.198. The van der Waals surface area contributed by atoms with E-state index < -0.39 is 13.7 Å². The number of fused-ring (bicyclic) bond motifs is 2. The second kappa shape index (κ2) is 11.7. The van der Waals surface area contributed by atoms with Crippen LogP contribution in [0.15, 0.2) is 54.6 Å². The average molecular weight is 545 g/mol. The van der Waals surface area contributed by atoms with Gasteiger partial charge in [0.2, 0.25) is 8.32 Å². The highest BCUT2D eigenvalue weighted by Gasteiger charge is 2.43. The minimum absolute atomic E-state index is 0.178. The van der Waals surface area contributed by atoms with Crippen LogP contribution in [-0.4, -0.2) is 21.0 Å². The normalized spacial score (nSPS) is 21.1. The van der Waals surface area contributed by atoms with Gasteiger partial charge >= 0.3 is 5.97 Å². The molecule has 0 unspecified atom stereocenters. The Hall–Kier alpha value is -2.27. The summed E-state index contributed by atoms with van der Waals surface area (Å²) in [5, 5.41) is 0.178. The molecule has 2 aromatic carbocycles. The molecule has 2 aromatic rings. The van der Waals surface area contributed by atoms with Crippen molar-refractivity contribution in [3.63, 3.8) is 0 Å². The van der Waals surface area contributed by atoms with Crippen molar-refractivity contribution in [2.45, 2.75) is 116 Å². The number of hydrogen-bond donors (Lipinski definition) is 0. The van der Waals surface area contributed by atoms with Gasteiger partial charge in [0.05, 0.1) is 5.41 Å². The maximum absolute atomic E-state index is 12.4. The molecule has 0 spiro atoms. The molecule has 2 aliphatic rings. The molecule has 2 fully saturated rings. The Morgan fingerprint density at radius 1 is 0.846 bits per heavy atom. The Morgan fingerprint density at radius 2 is 1.36 bits per heavy atom. The summed E-state index contributed by atoms with van der Waals surface area (Å²) in [5.74, 6) is 3.35. The van der Waals surface area contributed by atoms with E-state index in [4.69, 9.17) is 9.16 Å². The predicted octanol–water partition coefficient (Wildman–Crippen LogP) is 9.96. The Morgan fingerprint density at radius 3 is 1.85 bits per heavy atom. The molecule has 0 radical (unpaired) electrons. The third kappa shape index (κ3) is 7.28. The fourth-order valence-electron chi connectivity index (χ4n) is 6.10. The number of benzene rings is 2. The van der Waals surface area contributed by atoms with Gasteiger partial charge in [-0.1, -0.05) is 107 Å². The van der Waals surface area contributed by atoms with Gasteiger partial charge in [-0.05, 0) is 80.1 Å². The molecule has 210 valence electrons. The first-order valence-electron chi connectivity index (χ1n) is 15.0. The highest BCUT2D eigenvalue weighted by molar-refractivity contribution is 6.74. The summed E-state index contributed by atoms with van der Waals surface area (Å²) >= 11 is 0. The Bertz CT molecular complexity index is 1120. The van der Waals surface area contributed by atoms with Gasteiger partial charge < -0.3 is 9.16 Å². The fourth-order valence-corrected chi connectivity index (χ4v) is 7.14. The van der Waals surface area contributed by atoms with Crippen molar-refractivity contribution >= 4 is 27.1 Å². The first-order chi connectivity index (χ1) is 18.2. The molecule has 2 bridgehead atoms. The zero-order valence-electron chi connectivity index (χ0n) is 25.6.